The summed E-state index contributed by atoms with van der Waals surface area (Å²) in [6.45, 7) is 10.1. The third kappa shape index (κ3) is 7.97. The number of carbonyl (C=O) groups excluding carboxylic acids is 3. The summed E-state index contributed by atoms with van der Waals surface area (Å²) < 4.78 is 16.1. The lowest BCUT2D eigenvalue weighted by Gasteiger charge is -2.26. The number of hydrogen-bond donors (Lipinski definition) is 3. The quantitative estimate of drug-likeness (QED) is 0.280. The Morgan fingerprint density at radius 1 is 0.875 bits per heavy atom. The number of nitrogens with one attached hydrogen (secondary N) is 2. The molecule has 0 heterocycles. The first-order valence-electron chi connectivity index (χ1n) is 13.3. The van der Waals surface area contributed by atoms with Crippen molar-refractivity contribution in [3.63, 3.8) is 0 Å². The Morgan fingerprint density at radius 2 is 1.43 bits per heavy atom. The van der Waals surface area contributed by atoms with Crippen LogP contribution in [0.1, 0.15) is 65.0 Å². The summed E-state index contributed by atoms with van der Waals surface area (Å²) in [5.41, 5.74) is 3.45. The van der Waals surface area contributed by atoms with E-state index in [1.807, 2.05) is 62.4 Å². The Bertz CT molecular complexity index is 1190. The second-order valence-corrected chi connectivity index (χ2v) is 11.3. The monoisotopic (exact) mass is 554 g/mol. The minimum atomic E-state index is -1.56. The maximum atomic E-state index is 13.0. The number of alkyl carbamates (subject to hydrolysis) is 2. The molecule has 10 nitrogen and oxygen atoms in total. The van der Waals surface area contributed by atoms with Gasteiger partial charge in [-0.25, -0.2) is 19.2 Å². The molecule has 3 N–H and O–H groups in total. The van der Waals surface area contributed by atoms with Crippen LogP contribution in [0.4, 0.5) is 9.59 Å². The third-order valence-electron chi connectivity index (χ3n) is 6.34. The topological polar surface area (TPSA) is 140 Å². The Labute approximate surface area is 234 Å². The lowest BCUT2D eigenvalue weighted by atomic mass is 9.98. The molecule has 0 bridgehead atoms. The van der Waals surface area contributed by atoms with Crippen LogP contribution in [0.5, 0.6) is 0 Å². The van der Waals surface area contributed by atoms with Gasteiger partial charge in [-0.1, -0.05) is 62.4 Å². The smallest absolute Gasteiger partial charge is 0.408 e. The van der Waals surface area contributed by atoms with Crippen LogP contribution in [0.2, 0.25) is 0 Å². The van der Waals surface area contributed by atoms with Gasteiger partial charge < -0.3 is 30.0 Å². The molecule has 2 aromatic carbocycles. The standard InChI is InChI=1S/C30H38N2O8/c1-17(2)15-24(27(35)39-18(3)25(26(33)34)32-29(37)40-30(4,5)6)31-28(36)38-16-23-21-13-9-7-11-19(21)20-12-8-10-14-22(20)23/h7-14,17-18,23-25H,15-16H2,1-6H3,(H,31,36)(H,32,37)(H,33,34). The molecule has 2 aromatic rings. The Balaban J connectivity index is 1.64. The van der Waals surface area contributed by atoms with E-state index in [2.05, 4.69) is 10.6 Å². The normalized spacial score (nSPS) is 14.8. The second-order valence-electron chi connectivity index (χ2n) is 11.3. The van der Waals surface area contributed by atoms with Gasteiger partial charge in [0.1, 0.15) is 24.4 Å². The SMILES string of the molecule is CC(C)CC(NC(=O)OCC1c2ccccc2-c2ccccc21)C(=O)OC(C)C(NC(=O)OC(C)(C)C)C(=O)O. The lowest BCUT2D eigenvalue weighted by Crippen LogP contribution is -2.52. The van der Waals surface area contributed by atoms with Crippen LogP contribution in [0, 0.1) is 5.92 Å². The zero-order valence-corrected chi connectivity index (χ0v) is 23.7. The van der Waals surface area contributed by atoms with E-state index in [9.17, 15) is 24.3 Å². The van der Waals surface area contributed by atoms with Crippen LogP contribution in [-0.4, -0.2) is 59.6 Å². The van der Waals surface area contributed by atoms with Crippen molar-refractivity contribution in [2.45, 2.75) is 77.7 Å². The molecule has 0 spiro atoms. The minimum Gasteiger partial charge on any atom is -0.480 e. The van der Waals surface area contributed by atoms with E-state index in [-0.39, 0.29) is 24.9 Å². The van der Waals surface area contributed by atoms with Gasteiger partial charge in [0.2, 0.25) is 0 Å². The first-order chi connectivity index (χ1) is 18.8. The molecule has 0 fully saturated rings. The number of rotatable bonds is 10. The van der Waals surface area contributed by atoms with Crippen molar-refractivity contribution in [1.82, 2.24) is 10.6 Å². The van der Waals surface area contributed by atoms with Crippen LogP contribution < -0.4 is 10.6 Å². The van der Waals surface area contributed by atoms with Crippen molar-refractivity contribution in [2.75, 3.05) is 6.61 Å². The number of aliphatic carboxylic acids is 1. The average molecular weight is 555 g/mol. The molecule has 1 aliphatic carbocycles. The third-order valence-corrected chi connectivity index (χ3v) is 6.34. The molecule has 2 amide bonds. The van der Waals surface area contributed by atoms with Gasteiger partial charge in [-0.05, 0) is 62.3 Å². The average Bonchev–Trinajstić information content (AvgIpc) is 3.17. The lowest BCUT2D eigenvalue weighted by molar-refractivity contribution is -0.156. The molecule has 10 heteroatoms. The Kier molecular flexibility index (Phi) is 9.78. The maximum absolute atomic E-state index is 13.0. The molecule has 3 rings (SSSR count). The molecule has 1 aliphatic rings. The summed E-state index contributed by atoms with van der Waals surface area (Å²) in [7, 11) is 0. The van der Waals surface area contributed by atoms with Crippen molar-refractivity contribution in [2.24, 2.45) is 5.92 Å². The molecule has 0 saturated carbocycles. The van der Waals surface area contributed by atoms with E-state index >= 15 is 0 Å². The largest absolute Gasteiger partial charge is 0.480 e. The van der Waals surface area contributed by atoms with Crippen molar-refractivity contribution in [3.05, 3.63) is 59.7 Å². The molecule has 0 saturated heterocycles. The summed E-state index contributed by atoms with van der Waals surface area (Å²) >= 11 is 0. The van der Waals surface area contributed by atoms with Crippen LogP contribution in [0.15, 0.2) is 48.5 Å². The highest BCUT2D eigenvalue weighted by Crippen LogP contribution is 2.44. The molecule has 0 aromatic heterocycles. The van der Waals surface area contributed by atoms with Gasteiger partial charge in [0.15, 0.2) is 6.04 Å². The Hall–Kier alpha value is -4.08. The fourth-order valence-corrected chi connectivity index (χ4v) is 4.62. The van der Waals surface area contributed by atoms with E-state index < -0.39 is 47.9 Å². The number of carboxylic acids is 1. The van der Waals surface area contributed by atoms with Gasteiger partial charge in [-0.3, -0.25) is 0 Å². The zero-order chi connectivity index (χ0) is 29.6. The van der Waals surface area contributed by atoms with E-state index in [1.54, 1.807) is 20.8 Å². The van der Waals surface area contributed by atoms with E-state index in [1.165, 1.54) is 6.92 Å². The first kappa shape index (κ1) is 30.5. The van der Waals surface area contributed by atoms with Crippen LogP contribution in [-0.2, 0) is 23.8 Å². The molecule has 40 heavy (non-hydrogen) atoms. The van der Waals surface area contributed by atoms with Crippen molar-refractivity contribution in [3.8, 4) is 11.1 Å². The molecule has 0 radical (unpaired) electrons. The predicted octanol–water partition coefficient (Wildman–Crippen LogP) is 4.85. The fraction of sp³-hybridized carbons (Fsp3) is 0.467. The highest BCUT2D eigenvalue weighted by Gasteiger charge is 2.34. The van der Waals surface area contributed by atoms with Crippen LogP contribution in [0.3, 0.4) is 0 Å². The number of ether oxygens (including phenoxy) is 3. The molecular formula is C30H38N2O8. The zero-order valence-electron chi connectivity index (χ0n) is 23.7. The predicted molar refractivity (Wildman–Crippen MR) is 148 cm³/mol. The fourth-order valence-electron chi connectivity index (χ4n) is 4.62. The van der Waals surface area contributed by atoms with Crippen molar-refractivity contribution in [1.29, 1.82) is 0 Å². The molecular weight excluding hydrogens is 516 g/mol. The van der Waals surface area contributed by atoms with Gasteiger partial charge in [-0.2, -0.15) is 0 Å². The van der Waals surface area contributed by atoms with E-state index in [0.29, 0.717) is 0 Å². The van der Waals surface area contributed by atoms with Crippen molar-refractivity contribution >= 4 is 24.1 Å². The number of esters is 1. The van der Waals surface area contributed by atoms with Gasteiger partial charge in [0.05, 0.1) is 0 Å². The number of hydrogen-bond acceptors (Lipinski definition) is 7. The Morgan fingerprint density at radius 3 is 1.93 bits per heavy atom. The summed E-state index contributed by atoms with van der Waals surface area (Å²) in [5.74, 6) is -2.40. The van der Waals surface area contributed by atoms with Crippen LogP contribution in [0.25, 0.3) is 11.1 Å². The second kappa shape index (κ2) is 12.8. The number of fused-ring (bicyclic) bond motifs is 3. The van der Waals surface area contributed by atoms with E-state index in [4.69, 9.17) is 14.2 Å². The maximum Gasteiger partial charge on any atom is 0.408 e. The molecule has 216 valence electrons. The first-order valence-corrected chi connectivity index (χ1v) is 13.3. The summed E-state index contributed by atoms with van der Waals surface area (Å²) in [4.78, 5) is 49.7. The van der Waals surface area contributed by atoms with Gasteiger partial charge in [-0.15, -0.1) is 0 Å². The number of carboxylic acid groups (broad SMARTS) is 1. The minimum absolute atomic E-state index is 0.00287. The van der Waals surface area contributed by atoms with Gasteiger partial charge >= 0.3 is 24.1 Å². The van der Waals surface area contributed by atoms with Crippen molar-refractivity contribution < 1.29 is 38.5 Å². The highest BCUT2D eigenvalue weighted by atomic mass is 16.6. The summed E-state index contributed by atoms with van der Waals surface area (Å²) in [5, 5.41) is 14.4. The number of benzene rings is 2. The molecule has 0 aliphatic heterocycles. The summed E-state index contributed by atoms with van der Waals surface area (Å²) in [6, 6.07) is 13.2. The summed E-state index contributed by atoms with van der Waals surface area (Å²) in [6.07, 6.45) is -2.78. The highest BCUT2D eigenvalue weighted by molar-refractivity contribution is 5.84. The van der Waals surface area contributed by atoms with E-state index in [0.717, 1.165) is 22.3 Å². The molecule has 3 atom stereocenters. The van der Waals surface area contributed by atoms with Gasteiger partial charge in [0.25, 0.3) is 0 Å². The van der Waals surface area contributed by atoms with Crippen LogP contribution >= 0.6 is 0 Å². The molecule has 3 unspecified atom stereocenters. The van der Waals surface area contributed by atoms with Gasteiger partial charge in [0, 0.05) is 5.92 Å². The number of carbonyl (C=O) groups is 4. The number of amides is 2.